The Bertz CT molecular complexity index is 622. The summed E-state index contributed by atoms with van der Waals surface area (Å²) in [5, 5.41) is 3.14. The molecule has 2 aromatic rings. The molecule has 2 amide bonds. The molecule has 1 aliphatic heterocycles. The Morgan fingerprint density at radius 3 is 2.64 bits per heavy atom. The summed E-state index contributed by atoms with van der Waals surface area (Å²) in [5.74, 6) is 2.85. The molecule has 0 spiro atoms. The molecule has 1 aromatic heterocycles. The number of thioether (sulfide) groups is 1. The Labute approximate surface area is 134 Å². The first-order valence-electron chi connectivity index (χ1n) is 7.41. The summed E-state index contributed by atoms with van der Waals surface area (Å²) in [6.45, 7) is 1.61. The predicted molar refractivity (Wildman–Crippen MR) is 88.9 cm³/mol. The van der Waals surface area contributed by atoms with Gasteiger partial charge in [0, 0.05) is 44.0 Å². The van der Waals surface area contributed by atoms with Gasteiger partial charge in [0.15, 0.2) is 0 Å². The van der Waals surface area contributed by atoms with E-state index >= 15 is 0 Å². The monoisotopic (exact) mass is 316 g/mol. The van der Waals surface area contributed by atoms with Crippen LogP contribution in [-0.2, 0) is 7.05 Å². The molecule has 22 heavy (non-hydrogen) atoms. The molecular formula is C16H20N4OS. The second kappa shape index (κ2) is 6.87. The number of hydrogen-bond donors (Lipinski definition) is 1. The van der Waals surface area contributed by atoms with E-state index in [0.29, 0.717) is 0 Å². The highest BCUT2D eigenvalue weighted by Crippen LogP contribution is 2.21. The van der Waals surface area contributed by atoms with Crippen molar-refractivity contribution in [2.24, 2.45) is 7.05 Å². The molecule has 2 heterocycles. The van der Waals surface area contributed by atoms with Crippen LogP contribution in [0.15, 0.2) is 42.7 Å². The van der Waals surface area contributed by atoms with Crippen molar-refractivity contribution in [3.63, 3.8) is 0 Å². The summed E-state index contributed by atoms with van der Waals surface area (Å²) in [4.78, 5) is 18.9. The minimum absolute atomic E-state index is 0.0165. The van der Waals surface area contributed by atoms with E-state index in [4.69, 9.17) is 0 Å². The van der Waals surface area contributed by atoms with Gasteiger partial charge in [-0.1, -0.05) is 30.3 Å². The van der Waals surface area contributed by atoms with Crippen LogP contribution in [0, 0.1) is 0 Å². The number of carbonyl (C=O) groups is 1. The molecule has 1 N–H and O–H groups in total. The van der Waals surface area contributed by atoms with E-state index < -0.39 is 0 Å². The summed E-state index contributed by atoms with van der Waals surface area (Å²) in [6, 6.07) is 9.73. The highest BCUT2D eigenvalue weighted by molar-refractivity contribution is 7.99. The average Bonchev–Trinajstić information content (AvgIpc) is 3.00. The number of hydrogen-bond acceptors (Lipinski definition) is 3. The third-order valence-electron chi connectivity index (χ3n) is 3.82. The molecule has 3 rings (SSSR count). The molecule has 6 heteroatoms. The lowest BCUT2D eigenvalue weighted by atomic mass is 10.1. The first-order valence-corrected chi connectivity index (χ1v) is 8.56. The molecule has 1 aromatic carbocycles. The number of aryl methyl sites for hydroxylation is 1. The molecule has 1 saturated heterocycles. The Morgan fingerprint density at radius 1 is 1.27 bits per heavy atom. The number of nitrogens with zero attached hydrogens (tertiary/aromatic N) is 3. The summed E-state index contributed by atoms with van der Waals surface area (Å²) < 4.78 is 1.95. The fraction of sp³-hybridized carbons (Fsp3) is 0.375. The van der Waals surface area contributed by atoms with Crippen molar-refractivity contribution in [2.45, 2.75) is 6.04 Å². The molecule has 0 saturated carbocycles. The number of rotatable bonds is 3. The summed E-state index contributed by atoms with van der Waals surface area (Å²) >= 11 is 1.89. The van der Waals surface area contributed by atoms with E-state index in [0.717, 1.165) is 36.0 Å². The minimum Gasteiger partial charge on any atom is -0.336 e. The SMILES string of the molecule is Cn1ccnc1[C@H](NC(=O)N1CCSCC1)c1ccccc1. The summed E-state index contributed by atoms with van der Waals surface area (Å²) in [7, 11) is 1.95. The number of carbonyl (C=O) groups excluding carboxylic acids is 1. The minimum atomic E-state index is -0.233. The molecular weight excluding hydrogens is 296 g/mol. The number of aromatic nitrogens is 2. The van der Waals surface area contributed by atoms with Crippen molar-refractivity contribution in [2.75, 3.05) is 24.6 Å². The molecule has 1 fully saturated rings. The van der Waals surface area contributed by atoms with E-state index in [-0.39, 0.29) is 12.1 Å². The lowest BCUT2D eigenvalue weighted by Crippen LogP contribution is -2.46. The predicted octanol–water partition coefficient (Wildman–Crippen LogP) is 2.27. The van der Waals surface area contributed by atoms with Gasteiger partial charge in [0.2, 0.25) is 0 Å². The van der Waals surface area contributed by atoms with Crippen LogP contribution in [0.3, 0.4) is 0 Å². The molecule has 116 valence electrons. The van der Waals surface area contributed by atoms with Gasteiger partial charge in [-0.3, -0.25) is 0 Å². The van der Waals surface area contributed by atoms with Gasteiger partial charge in [0.05, 0.1) is 0 Å². The fourth-order valence-corrected chi connectivity index (χ4v) is 3.48. The van der Waals surface area contributed by atoms with Crippen molar-refractivity contribution in [3.8, 4) is 0 Å². The van der Waals surface area contributed by atoms with Gasteiger partial charge in [-0.15, -0.1) is 0 Å². The first-order chi connectivity index (χ1) is 10.8. The van der Waals surface area contributed by atoms with Gasteiger partial charge in [-0.2, -0.15) is 11.8 Å². The number of benzene rings is 1. The Kier molecular flexibility index (Phi) is 4.68. The van der Waals surface area contributed by atoms with Gasteiger partial charge in [0.25, 0.3) is 0 Å². The van der Waals surface area contributed by atoms with Gasteiger partial charge in [-0.05, 0) is 5.56 Å². The van der Waals surface area contributed by atoms with Crippen molar-refractivity contribution in [1.82, 2.24) is 19.8 Å². The van der Waals surface area contributed by atoms with Crippen LogP contribution in [0.1, 0.15) is 17.4 Å². The Morgan fingerprint density at radius 2 is 2.00 bits per heavy atom. The highest BCUT2D eigenvalue weighted by Gasteiger charge is 2.24. The lowest BCUT2D eigenvalue weighted by Gasteiger charge is -2.29. The smallest absolute Gasteiger partial charge is 0.318 e. The van der Waals surface area contributed by atoms with Crippen molar-refractivity contribution in [1.29, 1.82) is 0 Å². The first kappa shape index (κ1) is 15.0. The number of imidazole rings is 1. The Hall–Kier alpha value is -1.95. The molecule has 0 radical (unpaired) electrons. The zero-order valence-corrected chi connectivity index (χ0v) is 13.4. The van der Waals surface area contributed by atoms with Crippen LogP contribution in [-0.4, -0.2) is 45.1 Å². The molecule has 5 nitrogen and oxygen atoms in total. The lowest BCUT2D eigenvalue weighted by molar-refractivity contribution is 0.200. The normalized spacial score (nSPS) is 16.3. The molecule has 1 aliphatic rings. The van der Waals surface area contributed by atoms with Gasteiger partial charge in [-0.25, -0.2) is 9.78 Å². The maximum absolute atomic E-state index is 12.6. The van der Waals surface area contributed by atoms with Crippen molar-refractivity contribution in [3.05, 3.63) is 54.1 Å². The van der Waals surface area contributed by atoms with E-state index in [1.807, 2.05) is 64.8 Å². The van der Waals surface area contributed by atoms with Crippen molar-refractivity contribution >= 4 is 17.8 Å². The largest absolute Gasteiger partial charge is 0.336 e. The third-order valence-corrected chi connectivity index (χ3v) is 4.76. The number of urea groups is 1. The van der Waals surface area contributed by atoms with Crippen LogP contribution in [0.2, 0.25) is 0 Å². The van der Waals surface area contributed by atoms with E-state index in [1.165, 1.54) is 0 Å². The van der Waals surface area contributed by atoms with Crippen LogP contribution in [0.4, 0.5) is 4.79 Å². The average molecular weight is 316 g/mol. The standard InChI is InChI=1S/C16H20N4OS/c1-19-8-7-17-15(19)14(13-5-3-2-4-6-13)18-16(21)20-9-11-22-12-10-20/h2-8,14H,9-12H2,1H3,(H,18,21)/t14-/m1/s1. The molecule has 0 unspecified atom stereocenters. The van der Waals surface area contributed by atoms with Crippen molar-refractivity contribution < 1.29 is 4.79 Å². The van der Waals surface area contributed by atoms with Crippen LogP contribution in [0.25, 0.3) is 0 Å². The molecule has 0 aliphatic carbocycles. The van der Waals surface area contributed by atoms with Crippen LogP contribution >= 0.6 is 11.8 Å². The fourth-order valence-electron chi connectivity index (χ4n) is 2.58. The molecule has 1 atom stereocenters. The van der Waals surface area contributed by atoms with Crippen LogP contribution < -0.4 is 5.32 Å². The maximum atomic E-state index is 12.6. The van der Waals surface area contributed by atoms with E-state index in [9.17, 15) is 4.79 Å². The zero-order chi connectivity index (χ0) is 15.4. The van der Waals surface area contributed by atoms with E-state index in [1.54, 1.807) is 6.20 Å². The summed E-state index contributed by atoms with van der Waals surface area (Å²) in [5.41, 5.74) is 1.04. The van der Waals surface area contributed by atoms with Crippen LogP contribution in [0.5, 0.6) is 0 Å². The number of nitrogens with one attached hydrogen (secondary N) is 1. The highest BCUT2D eigenvalue weighted by atomic mass is 32.2. The third kappa shape index (κ3) is 3.27. The van der Waals surface area contributed by atoms with E-state index in [2.05, 4.69) is 10.3 Å². The summed E-state index contributed by atoms with van der Waals surface area (Å²) in [6.07, 6.45) is 3.66. The molecule has 0 bridgehead atoms. The topological polar surface area (TPSA) is 50.2 Å². The second-order valence-corrected chi connectivity index (χ2v) is 6.51. The van der Waals surface area contributed by atoms with Gasteiger partial charge >= 0.3 is 6.03 Å². The Balaban J connectivity index is 1.83. The van der Waals surface area contributed by atoms with Gasteiger partial charge in [0.1, 0.15) is 11.9 Å². The van der Waals surface area contributed by atoms with Gasteiger partial charge < -0.3 is 14.8 Å². The number of amides is 2. The quantitative estimate of drug-likeness (QED) is 0.945. The second-order valence-electron chi connectivity index (χ2n) is 5.29. The maximum Gasteiger partial charge on any atom is 0.318 e. The zero-order valence-electron chi connectivity index (χ0n) is 12.6.